The molecule has 0 aliphatic carbocycles. The number of rotatable bonds is 6. The van der Waals surface area contributed by atoms with Gasteiger partial charge in [-0.25, -0.2) is 14.6 Å². The average Bonchev–Trinajstić information content (AvgIpc) is 3.38. The van der Waals surface area contributed by atoms with Gasteiger partial charge in [-0.2, -0.15) is 0 Å². The molecule has 0 spiro atoms. The number of ether oxygens (including phenoxy) is 1. The third kappa shape index (κ3) is 5.79. The molecule has 1 fully saturated rings. The summed E-state index contributed by atoms with van der Waals surface area (Å²) in [6.45, 7) is 1.86. The van der Waals surface area contributed by atoms with Crippen molar-refractivity contribution in [3.63, 3.8) is 0 Å². The van der Waals surface area contributed by atoms with Crippen molar-refractivity contribution >= 4 is 34.9 Å². The summed E-state index contributed by atoms with van der Waals surface area (Å²) in [6.07, 6.45) is 3.21. The van der Waals surface area contributed by atoms with E-state index in [4.69, 9.17) is 4.74 Å². The first-order chi connectivity index (χ1) is 16.5. The van der Waals surface area contributed by atoms with Crippen LogP contribution in [0.3, 0.4) is 0 Å². The molecule has 2 N–H and O–H groups in total. The molecule has 0 unspecified atom stereocenters. The summed E-state index contributed by atoms with van der Waals surface area (Å²) in [4.78, 5) is 43.5. The Morgan fingerprint density at radius 1 is 1.09 bits per heavy atom. The van der Waals surface area contributed by atoms with Gasteiger partial charge in [0.1, 0.15) is 9.88 Å². The zero-order chi connectivity index (χ0) is 23.9. The number of piperidine rings is 1. The van der Waals surface area contributed by atoms with Crippen molar-refractivity contribution in [2.75, 3.05) is 32.1 Å². The Hall–Kier alpha value is -3.72. The first kappa shape index (κ1) is 23.4. The predicted octanol–water partition coefficient (Wildman–Crippen LogP) is 4.27. The van der Waals surface area contributed by atoms with E-state index >= 15 is 0 Å². The Morgan fingerprint density at radius 3 is 2.59 bits per heavy atom. The van der Waals surface area contributed by atoms with Gasteiger partial charge in [-0.05, 0) is 43.0 Å². The number of carbonyl (C=O) groups excluding carboxylic acids is 3. The van der Waals surface area contributed by atoms with Gasteiger partial charge in [0.15, 0.2) is 0 Å². The van der Waals surface area contributed by atoms with E-state index in [2.05, 4.69) is 15.6 Å². The number of urea groups is 1. The summed E-state index contributed by atoms with van der Waals surface area (Å²) in [6, 6.07) is 16.3. The molecule has 8 nitrogen and oxygen atoms in total. The highest BCUT2D eigenvalue weighted by molar-refractivity contribution is 7.16. The van der Waals surface area contributed by atoms with Crippen molar-refractivity contribution in [3.8, 4) is 10.6 Å². The Kier molecular flexibility index (Phi) is 7.54. The molecular weight excluding hydrogens is 452 g/mol. The fraction of sp³-hybridized carbons (Fsp3) is 0.280. The van der Waals surface area contributed by atoms with Crippen LogP contribution in [0.15, 0.2) is 60.8 Å². The van der Waals surface area contributed by atoms with Gasteiger partial charge in [-0.15, -0.1) is 11.3 Å². The number of aromatic nitrogens is 1. The molecule has 0 radical (unpaired) electrons. The number of thiazole rings is 1. The summed E-state index contributed by atoms with van der Waals surface area (Å²) >= 11 is 1.28. The molecule has 0 bridgehead atoms. The molecule has 2 aromatic carbocycles. The van der Waals surface area contributed by atoms with E-state index in [1.54, 1.807) is 24.4 Å². The van der Waals surface area contributed by atoms with E-state index in [1.807, 2.05) is 41.3 Å². The largest absolute Gasteiger partial charge is 0.465 e. The van der Waals surface area contributed by atoms with Gasteiger partial charge >= 0.3 is 12.0 Å². The van der Waals surface area contributed by atoms with Crippen molar-refractivity contribution in [1.29, 1.82) is 0 Å². The maximum absolute atomic E-state index is 12.6. The molecule has 0 atom stereocenters. The third-order valence-corrected chi connectivity index (χ3v) is 6.78. The van der Waals surface area contributed by atoms with Crippen molar-refractivity contribution in [2.45, 2.75) is 12.8 Å². The Labute approximate surface area is 202 Å². The number of benzene rings is 2. The van der Waals surface area contributed by atoms with E-state index in [-0.39, 0.29) is 11.9 Å². The van der Waals surface area contributed by atoms with Gasteiger partial charge in [0.25, 0.3) is 5.91 Å². The fourth-order valence-corrected chi connectivity index (χ4v) is 4.63. The second kappa shape index (κ2) is 10.9. The van der Waals surface area contributed by atoms with E-state index in [0.29, 0.717) is 41.0 Å². The minimum Gasteiger partial charge on any atom is -0.465 e. The van der Waals surface area contributed by atoms with Crippen molar-refractivity contribution in [2.24, 2.45) is 5.92 Å². The molecule has 4 rings (SSSR count). The zero-order valence-electron chi connectivity index (χ0n) is 18.8. The van der Waals surface area contributed by atoms with Gasteiger partial charge in [0.05, 0.1) is 18.9 Å². The minimum absolute atomic E-state index is 0.0952. The molecule has 1 aliphatic heterocycles. The van der Waals surface area contributed by atoms with Crippen LogP contribution in [-0.2, 0) is 4.74 Å². The lowest BCUT2D eigenvalue weighted by molar-refractivity contribution is 0.0600. The molecule has 34 heavy (non-hydrogen) atoms. The molecule has 1 saturated heterocycles. The lowest BCUT2D eigenvalue weighted by Gasteiger charge is -2.32. The topological polar surface area (TPSA) is 101 Å². The molecule has 1 aliphatic rings. The number of esters is 1. The number of hydrogen-bond donors (Lipinski definition) is 2. The second-order valence-electron chi connectivity index (χ2n) is 8.04. The number of methoxy groups -OCH3 is 1. The first-order valence-corrected chi connectivity index (χ1v) is 11.9. The fourth-order valence-electron chi connectivity index (χ4n) is 3.80. The average molecular weight is 479 g/mol. The Balaban J connectivity index is 1.25. The molecule has 2 heterocycles. The van der Waals surface area contributed by atoms with Crippen LogP contribution >= 0.6 is 11.3 Å². The van der Waals surface area contributed by atoms with E-state index in [1.165, 1.54) is 18.4 Å². The summed E-state index contributed by atoms with van der Waals surface area (Å²) in [5, 5.41) is 6.57. The van der Waals surface area contributed by atoms with E-state index < -0.39 is 5.97 Å². The summed E-state index contributed by atoms with van der Waals surface area (Å²) in [7, 11) is 1.34. The van der Waals surface area contributed by atoms with Crippen LogP contribution in [0.2, 0.25) is 0 Å². The summed E-state index contributed by atoms with van der Waals surface area (Å²) in [5.41, 5.74) is 1.97. The second-order valence-corrected chi connectivity index (χ2v) is 9.07. The number of para-hydroxylation sites is 1. The molecule has 3 amide bonds. The van der Waals surface area contributed by atoms with Crippen molar-refractivity contribution in [3.05, 3.63) is 71.2 Å². The number of hydrogen-bond acceptors (Lipinski definition) is 6. The van der Waals surface area contributed by atoms with Gasteiger partial charge < -0.3 is 20.3 Å². The first-order valence-electron chi connectivity index (χ1n) is 11.1. The van der Waals surface area contributed by atoms with Gasteiger partial charge in [-0.3, -0.25) is 4.79 Å². The number of nitrogens with one attached hydrogen (secondary N) is 2. The standard InChI is InChI=1S/C25H26N4O4S/c1-33-24(31)19-7-5-6-18(14-19)23-27-16-21(34-23)22(30)26-15-17-10-12-29(13-11-17)25(32)28-20-8-3-2-4-9-20/h2-9,14,16-17H,10-13,15H2,1H3,(H,26,30)(H,28,32). The third-order valence-electron chi connectivity index (χ3n) is 5.74. The summed E-state index contributed by atoms with van der Waals surface area (Å²) in [5.74, 6) is -0.272. The van der Waals surface area contributed by atoms with Crippen LogP contribution in [0.25, 0.3) is 10.6 Å². The van der Waals surface area contributed by atoms with Crippen LogP contribution < -0.4 is 10.6 Å². The van der Waals surface area contributed by atoms with Gasteiger partial charge in [0.2, 0.25) is 0 Å². The normalized spacial score (nSPS) is 13.9. The lowest BCUT2D eigenvalue weighted by atomic mass is 9.97. The number of likely N-dealkylation sites (tertiary alicyclic amines) is 1. The highest BCUT2D eigenvalue weighted by atomic mass is 32.1. The predicted molar refractivity (Wildman–Crippen MR) is 131 cm³/mol. The van der Waals surface area contributed by atoms with Crippen LogP contribution in [0.4, 0.5) is 10.5 Å². The van der Waals surface area contributed by atoms with Crippen LogP contribution in [-0.4, -0.2) is 54.5 Å². The van der Waals surface area contributed by atoms with Crippen LogP contribution in [0.5, 0.6) is 0 Å². The molecule has 176 valence electrons. The monoisotopic (exact) mass is 478 g/mol. The quantitative estimate of drug-likeness (QED) is 0.516. The maximum Gasteiger partial charge on any atom is 0.337 e. The lowest BCUT2D eigenvalue weighted by Crippen LogP contribution is -2.43. The van der Waals surface area contributed by atoms with Crippen molar-refractivity contribution in [1.82, 2.24) is 15.2 Å². The zero-order valence-corrected chi connectivity index (χ0v) is 19.6. The van der Waals surface area contributed by atoms with E-state index in [0.717, 1.165) is 24.1 Å². The molecular formula is C25H26N4O4S. The van der Waals surface area contributed by atoms with Gasteiger partial charge in [0, 0.05) is 30.9 Å². The number of carbonyl (C=O) groups is 3. The number of anilines is 1. The van der Waals surface area contributed by atoms with E-state index in [9.17, 15) is 14.4 Å². The molecule has 1 aromatic heterocycles. The smallest absolute Gasteiger partial charge is 0.337 e. The van der Waals surface area contributed by atoms with Crippen molar-refractivity contribution < 1.29 is 19.1 Å². The maximum atomic E-state index is 12.6. The highest BCUT2D eigenvalue weighted by Gasteiger charge is 2.23. The summed E-state index contributed by atoms with van der Waals surface area (Å²) < 4.78 is 4.76. The number of nitrogens with zero attached hydrogens (tertiary/aromatic N) is 2. The Morgan fingerprint density at radius 2 is 1.85 bits per heavy atom. The molecule has 9 heteroatoms. The van der Waals surface area contributed by atoms with Crippen LogP contribution in [0, 0.1) is 5.92 Å². The molecule has 3 aromatic rings. The Bertz CT molecular complexity index is 1160. The van der Waals surface area contributed by atoms with Gasteiger partial charge in [-0.1, -0.05) is 30.3 Å². The molecule has 0 saturated carbocycles. The minimum atomic E-state index is -0.417. The number of amides is 3. The highest BCUT2D eigenvalue weighted by Crippen LogP contribution is 2.26. The van der Waals surface area contributed by atoms with Crippen LogP contribution in [0.1, 0.15) is 32.9 Å². The SMILES string of the molecule is COC(=O)c1cccc(-c2ncc(C(=O)NCC3CCN(C(=O)Nc4ccccc4)CC3)s2)c1.